The van der Waals surface area contributed by atoms with Gasteiger partial charge in [-0.15, -0.1) is 0 Å². The van der Waals surface area contributed by atoms with Gasteiger partial charge >= 0.3 is 0 Å². The lowest BCUT2D eigenvalue weighted by Crippen LogP contribution is -2.38. The van der Waals surface area contributed by atoms with Crippen LogP contribution in [0.5, 0.6) is 0 Å². The van der Waals surface area contributed by atoms with Crippen molar-refractivity contribution < 1.29 is 24.0 Å². The largest absolute Gasteiger partial charge is 0.359 e. The van der Waals surface area contributed by atoms with Gasteiger partial charge in [-0.3, -0.25) is 28.9 Å². The fraction of sp³-hybridized carbons (Fsp3) is 0.808. The predicted octanol–water partition coefficient (Wildman–Crippen LogP) is 3.36. The summed E-state index contributed by atoms with van der Waals surface area (Å²) in [6, 6.07) is 0.153. The average Bonchev–Trinajstić information content (AvgIpc) is 2.77. The Hall–Kier alpha value is -2.09. The molecule has 8 heteroatoms. The lowest BCUT2D eigenvalue weighted by atomic mass is 10.1. The first kappa shape index (κ1) is 31.9. The number of amides is 2. The summed E-state index contributed by atoms with van der Waals surface area (Å²) in [4.78, 5) is 61.2. The molecule has 0 heterocycles. The number of hydrogen-bond donors (Lipinski definition) is 2. The highest BCUT2D eigenvalue weighted by atomic mass is 16.2. The fourth-order valence-corrected chi connectivity index (χ4v) is 3.63. The smallest absolute Gasteiger partial charge is 0.220 e. The van der Waals surface area contributed by atoms with E-state index in [2.05, 4.69) is 10.6 Å². The molecular weight excluding hydrogens is 434 g/mol. The molecular formula is C26H47N3O5. The molecule has 2 amide bonds. The zero-order valence-corrected chi connectivity index (χ0v) is 21.9. The van der Waals surface area contributed by atoms with Gasteiger partial charge in [0.2, 0.25) is 11.8 Å². The SMILES string of the molecule is CCC(=O)CN(CC(=O)CCCCCCC(=O)NC)CC(=O)CCCCCCC(=O)NC(C)C. The Morgan fingerprint density at radius 2 is 1.03 bits per heavy atom. The highest BCUT2D eigenvalue weighted by Crippen LogP contribution is 2.09. The van der Waals surface area contributed by atoms with Gasteiger partial charge in [-0.25, -0.2) is 0 Å². The van der Waals surface area contributed by atoms with Crippen LogP contribution in [0.3, 0.4) is 0 Å². The number of ketones is 3. The zero-order valence-electron chi connectivity index (χ0n) is 21.9. The zero-order chi connectivity index (χ0) is 25.8. The van der Waals surface area contributed by atoms with Crippen LogP contribution in [-0.2, 0) is 24.0 Å². The van der Waals surface area contributed by atoms with Crippen LogP contribution < -0.4 is 10.6 Å². The number of carbonyl (C=O) groups excluding carboxylic acids is 5. The molecule has 0 spiro atoms. The van der Waals surface area contributed by atoms with Crippen molar-refractivity contribution in [1.29, 1.82) is 0 Å². The van der Waals surface area contributed by atoms with E-state index in [0.717, 1.165) is 51.4 Å². The van der Waals surface area contributed by atoms with Crippen LogP contribution in [0.25, 0.3) is 0 Å². The van der Waals surface area contributed by atoms with Crippen LogP contribution >= 0.6 is 0 Å². The molecule has 0 aliphatic heterocycles. The highest BCUT2D eigenvalue weighted by Gasteiger charge is 2.17. The number of unbranched alkanes of at least 4 members (excludes halogenated alkanes) is 6. The van der Waals surface area contributed by atoms with E-state index in [1.54, 1.807) is 18.9 Å². The van der Waals surface area contributed by atoms with Crippen LogP contribution in [0.4, 0.5) is 0 Å². The Labute approximate surface area is 206 Å². The van der Waals surface area contributed by atoms with Gasteiger partial charge in [0.25, 0.3) is 0 Å². The van der Waals surface area contributed by atoms with Gasteiger partial charge in [0.05, 0.1) is 19.6 Å². The molecule has 34 heavy (non-hydrogen) atoms. The van der Waals surface area contributed by atoms with Crippen LogP contribution in [-0.4, -0.2) is 66.8 Å². The number of nitrogens with one attached hydrogen (secondary N) is 2. The molecule has 0 saturated carbocycles. The topological polar surface area (TPSA) is 113 Å². The van der Waals surface area contributed by atoms with E-state index in [1.165, 1.54) is 0 Å². The van der Waals surface area contributed by atoms with Crippen LogP contribution in [0.15, 0.2) is 0 Å². The van der Waals surface area contributed by atoms with Crippen molar-refractivity contribution in [2.45, 2.75) is 110 Å². The summed E-state index contributed by atoms with van der Waals surface area (Å²) in [7, 11) is 1.62. The Morgan fingerprint density at radius 3 is 1.44 bits per heavy atom. The molecule has 0 fully saturated rings. The Morgan fingerprint density at radius 1 is 0.618 bits per heavy atom. The van der Waals surface area contributed by atoms with Crippen molar-refractivity contribution in [2.75, 3.05) is 26.7 Å². The molecule has 2 N–H and O–H groups in total. The second kappa shape index (κ2) is 20.3. The maximum atomic E-state index is 12.4. The molecule has 0 bridgehead atoms. The molecule has 0 aromatic rings. The van der Waals surface area contributed by atoms with Crippen LogP contribution in [0.1, 0.15) is 104 Å². The Bertz CT molecular complexity index is 634. The monoisotopic (exact) mass is 481 g/mol. The standard InChI is InChI=1S/C26H47N3O5/c1-5-22(30)18-29(19-23(31)14-10-6-8-12-16-25(33)27-4)20-24(32)15-11-7-9-13-17-26(34)28-21(2)3/h21H,5-20H2,1-4H3,(H,27,33)(H,28,34). The molecule has 0 atom stereocenters. The van der Waals surface area contributed by atoms with Crippen molar-refractivity contribution in [3.63, 3.8) is 0 Å². The number of hydrogen-bond acceptors (Lipinski definition) is 6. The van der Waals surface area contributed by atoms with Gasteiger partial charge in [-0.1, -0.05) is 32.6 Å². The van der Waals surface area contributed by atoms with Crippen LogP contribution in [0, 0.1) is 0 Å². The van der Waals surface area contributed by atoms with Gasteiger partial charge < -0.3 is 10.6 Å². The first-order chi connectivity index (χ1) is 16.2. The maximum Gasteiger partial charge on any atom is 0.220 e. The third-order valence-corrected chi connectivity index (χ3v) is 5.54. The van der Waals surface area contributed by atoms with Gasteiger partial charge in [0, 0.05) is 45.2 Å². The second-order valence-electron chi connectivity index (χ2n) is 9.34. The number of carbonyl (C=O) groups is 5. The molecule has 0 unspecified atom stereocenters. The Kier molecular flexibility index (Phi) is 19.0. The lowest BCUT2D eigenvalue weighted by Gasteiger charge is -2.20. The minimum Gasteiger partial charge on any atom is -0.359 e. The normalized spacial score (nSPS) is 11.0. The summed E-state index contributed by atoms with van der Waals surface area (Å²) < 4.78 is 0. The Balaban J connectivity index is 4.19. The molecule has 0 aliphatic carbocycles. The highest BCUT2D eigenvalue weighted by molar-refractivity contribution is 5.86. The van der Waals surface area contributed by atoms with E-state index in [4.69, 9.17) is 0 Å². The van der Waals surface area contributed by atoms with Crippen molar-refractivity contribution in [2.24, 2.45) is 0 Å². The first-order valence-electron chi connectivity index (χ1n) is 12.9. The molecule has 196 valence electrons. The van der Waals surface area contributed by atoms with E-state index in [0.29, 0.717) is 32.1 Å². The maximum absolute atomic E-state index is 12.4. The van der Waals surface area contributed by atoms with E-state index in [9.17, 15) is 24.0 Å². The van der Waals surface area contributed by atoms with Gasteiger partial charge in [-0.2, -0.15) is 0 Å². The van der Waals surface area contributed by atoms with Crippen molar-refractivity contribution >= 4 is 29.2 Å². The molecule has 0 aliphatic rings. The minimum absolute atomic E-state index is 0.0227. The van der Waals surface area contributed by atoms with Crippen molar-refractivity contribution in [3.8, 4) is 0 Å². The second-order valence-corrected chi connectivity index (χ2v) is 9.34. The van der Waals surface area contributed by atoms with Gasteiger partial charge in [0.1, 0.15) is 17.3 Å². The number of nitrogens with zero attached hydrogens (tertiary/aromatic N) is 1. The first-order valence-corrected chi connectivity index (χ1v) is 12.9. The molecule has 0 rings (SSSR count). The quantitative estimate of drug-likeness (QED) is 0.229. The summed E-state index contributed by atoms with van der Waals surface area (Å²) in [6.45, 7) is 6.04. The minimum atomic E-state index is 0.0227. The van der Waals surface area contributed by atoms with E-state index in [-0.39, 0.29) is 54.8 Å². The fourth-order valence-electron chi connectivity index (χ4n) is 3.63. The summed E-state index contributed by atoms with van der Waals surface area (Å²) in [5, 5.41) is 5.46. The lowest BCUT2D eigenvalue weighted by molar-refractivity contribution is -0.126. The number of rotatable bonds is 22. The summed E-state index contributed by atoms with van der Waals surface area (Å²) in [5.74, 6) is 0.211. The van der Waals surface area contributed by atoms with Crippen LogP contribution in [0.2, 0.25) is 0 Å². The van der Waals surface area contributed by atoms with Crippen molar-refractivity contribution in [1.82, 2.24) is 15.5 Å². The number of Topliss-reactive ketones (excluding diaryl/α,β-unsaturated/α-hetero) is 3. The van der Waals surface area contributed by atoms with Gasteiger partial charge in [-0.05, 0) is 39.5 Å². The van der Waals surface area contributed by atoms with E-state index >= 15 is 0 Å². The molecule has 0 aromatic heterocycles. The third kappa shape index (κ3) is 19.4. The molecule has 0 saturated heterocycles. The molecule has 8 nitrogen and oxygen atoms in total. The molecule has 0 aromatic carbocycles. The summed E-state index contributed by atoms with van der Waals surface area (Å²) >= 11 is 0. The predicted molar refractivity (Wildman–Crippen MR) is 135 cm³/mol. The molecule has 0 radical (unpaired) electrons. The van der Waals surface area contributed by atoms with E-state index in [1.807, 2.05) is 13.8 Å². The van der Waals surface area contributed by atoms with E-state index < -0.39 is 0 Å². The van der Waals surface area contributed by atoms with Gasteiger partial charge in [0.15, 0.2) is 0 Å². The van der Waals surface area contributed by atoms with Crippen molar-refractivity contribution in [3.05, 3.63) is 0 Å². The summed E-state index contributed by atoms with van der Waals surface area (Å²) in [6.07, 6.45) is 8.95. The average molecular weight is 482 g/mol. The summed E-state index contributed by atoms with van der Waals surface area (Å²) in [5.41, 5.74) is 0. The third-order valence-electron chi connectivity index (χ3n) is 5.54.